The number of pyridine rings is 2. The second-order valence-corrected chi connectivity index (χ2v) is 5.43. The van der Waals surface area contributed by atoms with Crippen molar-refractivity contribution in [3.8, 4) is 0 Å². The predicted octanol–water partition coefficient (Wildman–Crippen LogP) is 2.08. The van der Waals surface area contributed by atoms with Crippen molar-refractivity contribution in [2.24, 2.45) is 7.05 Å². The number of nitrogens with one attached hydrogen (secondary N) is 1. The van der Waals surface area contributed by atoms with E-state index in [2.05, 4.69) is 17.2 Å². The van der Waals surface area contributed by atoms with Gasteiger partial charge < -0.3 is 9.88 Å². The summed E-state index contributed by atoms with van der Waals surface area (Å²) in [5, 5.41) is 2.67. The monoisotopic (exact) mass is 283 g/mol. The molecule has 108 valence electrons. The van der Waals surface area contributed by atoms with Crippen molar-refractivity contribution in [1.29, 1.82) is 0 Å². The van der Waals surface area contributed by atoms with Crippen LogP contribution in [0, 0.1) is 0 Å². The normalized spacial score (nSPS) is 16.6. The number of anilines is 1. The van der Waals surface area contributed by atoms with Crippen molar-refractivity contribution in [2.45, 2.75) is 25.7 Å². The van der Waals surface area contributed by atoms with Gasteiger partial charge >= 0.3 is 0 Å². The molecule has 0 unspecified atom stereocenters. The van der Waals surface area contributed by atoms with Crippen LogP contribution in [0.15, 0.2) is 35.3 Å². The molecule has 3 rings (SSSR count). The summed E-state index contributed by atoms with van der Waals surface area (Å²) in [6.45, 7) is 2.12. The highest BCUT2D eigenvalue weighted by Gasteiger charge is 2.25. The molecule has 1 aliphatic rings. The van der Waals surface area contributed by atoms with Crippen molar-refractivity contribution in [3.05, 3.63) is 57.6 Å². The van der Waals surface area contributed by atoms with Gasteiger partial charge in [-0.1, -0.05) is 13.0 Å². The summed E-state index contributed by atoms with van der Waals surface area (Å²) in [7, 11) is 1.73. The van der Waals surface area contributed by atoms with E-state index in [0.29, 0.717) is 11.7 Å². The smallest absolute Gasteiger partial charge is 0.263 e. The number of amides is 1. The first-order chi connectivity index (χ1) is 10.1. The van der Waals surface area contributed by atoms with Crippen LogP contribution >= 0.6 is 0 Å². The molecule has 1 amide bonds. The number of aromatic nitrogens is 2. The van der Waals surface area contributed by atoms with E-state index >= 15 is 0 Å². The van der Waals surface area contributed by atoms with Crippen LogP contribution in [-0.2, 0) is 13.5 Å². The first-order valence-corrected chi connectivity index (χ1v) is 7.03. The van der Waals surface area contributed by atoms with Crippen molar-refractivity contribution in [2.75, 3.05) is 5.32 Å². The molecule has 21 heavy (non-hydrogen) atoms. The summed E-state index contributed by atoms with van der Waals surface area (Å²) in [4.78, 5) is 28.7. The molecular weight excluding hydrogens is 266 g/mol. The fourth-order valence-corrected chi connectivity index (χ4v) is 2.83. The maximum Gasteiger partial charge on any atom is 0.263 e. The van der Waals surface area contributed by atoms with Crippen molar-refractivity contribution >= 4 is 11.7 Å². The van der Waals surface area contributed by atoms with E-state index in [4.69, 9.17) is 0 Å². The Morgan fingerprint density at radius 2 is 2.24 bits per heavy atom. The first-order valence-electron chi connectivity index (χ1n) is 7.03. The Morgan fingerprint density at radius 1 is 1.43 bits per heavy atom. The number of fused-ring (bicyclic) bond motifs is 1. The second kappa shape index (κ2) is 5.16. The van der Waals surface area contributed by atoms with E-state index in [1.54, 1.807) is 42.1 Å². The van der Waals surface area contributed by atoms with Crippen molar-refractivity contribution in [3.63, 3.8) is 0 Å². The van der Waals surface area contributed by atoms with Crippen LogP contribution in [0.25, 0.3) is 0 Å². The molecule has 0 radical (unpaired) electrons. The molecule has 1 aliphatic carbocycles. The quantitative estimate of drug-likeness (QED) is 0.917. The lowest BCUT2D eigenvalue weighted by Gasteiger charge is -2.12. The number of hydrogen-bond donors (Lipinski definition) is 1. The van der Waals surface area contributed by atoms with Gasteiger partial charge in [-0.15, -0.1) is 0 Å². The van der Waals surface area contributed by atoms with Gasteiger partial charge in [0.2, 0.25) is 0 Å². The lowest BCUT2D eigenvalue weighted by Crippen LogP contribution is -2.30. The molecular formula is C16H17N3O2. The summed E-state index contributed by atoms with van der Waals surface area (Å²) in [6, 6.07) is 6.99. The van der Waals surface area contributed by atoms with E-state index in [1.807, 2.05) is 0 Å². The SMILES string of the molecule is C[C@@H]1CCc2c1cc(C(=O)Nc1ccccn1)c(=O)n2C. The molecule has 0 bridgehead atoms. The third kappa shape index (κ3) is 2.35. The highest BCUT2D eigenvalue weighted by molar-refractivity contribution is 6.03. The molecule has 1 N–H and O–H groups in total. The lowest BCUT2D eigenvalue weighted by molar-refractivity contribution is 0.102. The molecule has 0 aromatic carbocycles. The van der Waals surface area contributed by atoms with Crippen LogP contribution in [0.1, 0.15) is 40.9 Å². The Bertz CT molecular complexity index is 750. The van der Waals surface area contributed by atoms with Gasteiger partial charge in [-0.2, -0.15) is 0 Å². The average Bonchev–Trinajstić information content (AvgIpc) is 2.85. The summed E-state index contributed by atoms with van der Waals surface area (Å²) >= 11 is 0. The molecule has 0 aliphatic heterocycles. The molecule has 2 heterocycles. The third-order valence-corrected chi connectivity index (χ3v) is 4.07. The summed E-state index contributed by atoms with van der Waals surface area (Å²) < 4.78 is 1.60. The minimum atomic E-state index is -0.406. The van der Waals surface area contributed by atoms with Gasteiger partial charge in [0, 0.05) is 18.9 Å². The van der Waals surface area contributed by atoms with Gasteiger partial charge in [0.15, 0.2) is 0 Å². The lowest BCUT2D eigenvalue weighted by atomic mass is 10.0. The first kappa shape index (κ1) is 13.5. The largest absolute Gasteiger partial charge is 0.315 e. The van der Waals surface area contributed by atoms with Crippen LogP contribution in [0.4, 0.5) is 5.82 Å². The molecule has 0 saturated heterocycles. The van der Waals surface area contributed by atoms with Crippen LogP contribution in [0.5, 0.6) is 0 Å². The minimum absolute atomic E-state index is 0.177. The van der Waals surface area contributed by atoms with Crippen LogP contribution in [0.3, 0.4) is 0 Å². The Morgan fingerprint density at radius 3 is 2.95 bits per heavy atom. The summed E-state index contributed by atoms with van der Waals surface area (Å²) in [6.07, 6.45) is 3.51. The molecule has 5 heteroatoms. The zero-order valence-corrected chi connectivity index (χ0v) is 12.1. The number of nitrogens with zero attached hydrogens (tertiary/aromatic N) is 2. The maximum atomic E-state index is 12.3. The van der Waals surface area contributed by atoms with E-state index in [-0.39, 0.29) is 11.1 Å². The van der Waals surface area contributed by atoms with E-state index in [1.165, 1.54) is 0 Å². The number of hydrogen-bond acceptors (Lipinski definition) is 3. The molecule has 0 fully saturated rings. The number of rotatable bonds is 2. The van der Waals surface area contributed by atoms with Crippen LogP contribution in [0.2, 0.25) is 0 Å². The van der Waals surface area contributed by atoms with E-state index < -0.39 is 5.91 Å². The molecule has 1 atom stereocenters. The van der Waals surface area contributed by atoms with Crippen molar-refractivity contribution in [1.82, 2.24) is 9.55 Å². The Balaban J connectivity index is 1.99. The Hall–Kier alpha value is -2.43. The van der Waals surface area contributed by atoms with E-state index in [0.717, 1.165) is 24.1 Å². The zero-order valence-electron chi connectivity index (χ0n) is 12.1. The summed E-state index contributed by atoms with van der Waals surface area (Å²) in [5.41, 5.74) is 2.07. The molecule has 2 aromatic rings. The van der Waals surface area contributed by atoms with Crippen LogP contribution < -0.4 is 10.9 Å². The highest BCUT2D eigenvalue weighted by atomic mass is 16.2. The summed E-state index contributed by atoms with van der Waals surface area (Å²) in [5.74, 6) is 0.419. The minimum Gasteiger partial charge on any atom is -0.315 e. The average molecular weight is 283 g/mol. The van der Waals surface area contributed by atoms with Crippen molar-refractivity contribution < 1.29 is 4.79 Å². The maximum absolute atomic E-state index is 12.3. The van der Waals surface area contributed by atoms with Gasteiger partial charge in [0.25, 0.3) is 11.5 Å². The van der Waals surface area contributed by atoms with Gasteiger partial charge in [-0.3, -0.25) is 9.59 Å². The number of carbonyl (C=O) groups excluding carboxylic acids is 1. The highest BCUT2D eigenvalue weighted by Crippen LogP contribution is 2.31. The molecule has 2 aromatic heterocycles. The van der Waals surface area contributed by atoms with Gasteiger partial charge in [0.1, 0.15) is 11.4 Å². The topological polar surface area (TPSA) is 64.0 Å². The standard InChI is InChI=1S/C16H17N3O2/c1-10-6-7-13-11(10)9-12(16(21)19(13)2)15(20)18-14-5-3-4-8-17-14/h3-5,8-10H,6-7H2,1-2H3,(H,17,18,20)/t10-/m1/s1. The Kier molecular flexibility index (Phi) is 3.33. The van der Waals surface area contributed by atoms with Crippen LogP contribution in [-0.4, -0.2) is 15.5 Å². The van der Waals surface area contributed by atoms with E-state index in [9.17, 15) is 9.59 Å². The fourth-order valence-electron chi connectivity index (χ4n) is 2.83. The molecule has 0 spiro atoms. The molecule has 5 nitrogen and oxygen atoms in total. The van der Waals surface area contributed by atoms with Gasteiger partial charge in [0.05, 0.1) is 0 Å². The number of carbonyl (C=O) groups is 1. The Labute approximate surface area is 122 Å². The second-order valence-electron chi connectivity index (χ2n) is 5.43. The predicted molar refractivity (Wildman–Crippen MR) is 80.6 cm³/mol. The fraction of sp³-hybridized carbons (Fsp3) is 0.312. The van der Waals surface area contributed by atoms with Gasteiger partial charge in [-0.25, -0.2) is 4.98 Å². The zero-order chi connectivity index (χ0) is 15.0. The van der Waals surface area contributed by atoms with Gasteiger partial charge in [-0.05, 0) is 42.5 Å². The molecule has 0 saturated carbocycles. The third-order valence-electron chi connectivity index (χ3n) is 4.07.